The predicted octanol–water partition coefficient (Wildman–Crippen LogP) is 9.37. The normalized spacial score (nSPS) is 16.8. The topological polar surface area (TPSA) is 544 Å². The number of nitrogens with zero attached hydrogens (tertiary/aromatic N) is 44. The first kappa shape index (κ1) is 92.8. The fourth-order valence-corrected chi connectivity index (χ4v) is 20.2. The third-order valence-electron chi connectivity index (χ3n) is 28.1. The molecular weight excluding hydrogens is 1910 g/mol. The number of β-amino-alcohol motifs (C(OH)–C–C–N with tert-alkyl or cyclic N) is 1. The Hall–Kier alpha value is -18.3. The molecule has 12 aromatic heterocycles. The number of hydrogen-bond donors (Lipinski definition) is 7. The number of anilines is 18. The van der Waals surface area contributed by atoms with Crippen molar-refractivity contribution >= 4 is 105 Å². The van der Waals surface area contributed by atoms with Crippen LogP contribution in [0.1, 0.15) is 65.7 Å². The number of para-hydroxylation sites is 12. The molecule has 6 aromatic carbocycles. The van der Waals surface area contributed by atoms with Gasteiger partial charge in [-0.3, -0.25) is 4.90 Å². The van der Waals surface area contributed by atoms with E-state index in [0.717, 1.165) is 253 Å². The zero-order valence-electron chi connectivity index (χ0n) is 82.1. The highest BCUT2D eigenvalue weighted by atomic mass is 16.5. The highest BCUT2D eigenvalue weighted by molar-refractivity contribution is 5.88. The summed E-state index contributed by atoms with van der Waals surface area (Å²) in [6.45, 7) is 24.0. The number of piperidine rings is 2. The molecule has 30 rings (SSSR count). The van der Waals surface area contributed by atoms with E-state index in [1.165, 1.54) is 44.9 Å². The molecule has 0 saturated carbocycles. The van der Waals surface area contributed by atoms with E-state index in [4.69, 9.17) is 39.7 Å². The summed E-state index contributed by atoms with van der Waals surface area (Å²) in [4.78, 5) is 74.0. The molecule has 6 saturated heterocycles. The quantitative estimate of drug-likeness (QED) is 0.0707. The minimum atomic E-state index is 0.188. The molecule has 756 valence electrons. The van der Waals surface area contributed by atoms with Crippen molar-refractivity contribution < 1.29 is 9.84 Å². The Morgan fingerprint density at radius 1 is 0.293 bits per heavy atom. The lowest BCUT2D eigenvalue weighted by atomic mass is 10.0. The second kappa shape index (κ2) is 40.9. The Labute approximate surface area is 856 Å². The van der Waals surface area contributed by atoms with E-state index in [-0.39, 0.29) is 6.61 Å². The van der Waals surface area contributed by atoms with E-state index in [0.29, 0.717) is 90.2 Å². The summed E-state index contributed by atoms with van der Waals surface area (Å²) in [7, 11) is 0. The number of morpholine rings is 1. The van der Waals surface area contributed by atoms with Crippen LogP contribution in [0.4, 0.5) is 105 Å². The van der Waals surface area contributed by atoms with Gasteiger partial charge in [-0.2, -0.15) is 58.0 Å². The van der Waals surface area contributed by atoms with Crippen LogP contribution in [0.3, 0.4) is 0 Å². The third kappa shape index (κ3) is 18.3. The molecule has 0 radical (unpaired) electrons. The highest BCUT2D eigenvalue weighted by Crippen LogP contribution is 2.45. The van der Waals surface area contributed by atoms with Gasteiger partial charge in [-0.1, -0.05) is 86.6 Å². The number of tetrazole rings is 6. The molecule has 0 spiro atoms. The molecule has 18 aromatic rings. The van der Waals surface area contributed by atoms with Crippen LogP contribution in [0, 0.1) is 5.92 Å². The van der Waals surface area contributed by atoms with Gasteiger partial charge < -0.3 is 76.0 Å². The van der Waals surface area contributed by atoms with Gasteiger partial charge in [0.25, 0.3) is 0 Å². The van der Waals surface area contributed by atoms with Crippen LogP contribution in [0.15, 0.2) is 183 Å². The Morgan fingerprint density at radius 3 is 0.867 bits per heavy atom. The van der Waals surface area contributed by atoms with E-state index in [2.05, 4.69) is 215 Å². The molecule has 150 heavy (non-hydrogen) atoms. The zero-order chi connectivity index (χ0) is 100. The van der Waals surface area contributed by atoms with E-state index >= 15 is 0 Å². The van der Waals surface area contributed by atoms with Gasteiger partial charge in [0.05, 0.1) is 121 Å². The van der Waals surface area contributed by atoms with Crippen molar-refractivity contribution in [3.8, 4) is 102 Å². The summed E-state index contributed by atoms with van der Waals surface area (Å²) < 4.78 is 15.7. The second-order valence-corrected chi connectivity index (χ2v) is 37.4. The van der Waals surface area contributed by atoms with Crippen LogP contribution in [-0.2, 0) is 4.74 Å². The summed E-state index contributed by atoms with van der Waals surface area (Å²) >= 11 is 0. The lowest BCUT2D eigenvalue weighted by Gasteiger charge is -2.34. The molecule has 24 heterocycles. The average Bonchev–Trinajstić information content (AvgIpc) is 1.65. The molecule has 0 bridgehead atoms. The van der Waals surface area contributed by atoms with Crippen molar-refractivity contribution in [1.82, 2.24) is 191 Å². The lowest BCUT2D eigenvalue weighted by molar-refractivity contribution is 0.122. The number of ether oxygens (including phenoxy) is 1. The summed E-state index contributed by atoms with van der Waals surface area (Å²) in [5, 5.41) is 102. The minimum Gasteiger partial charge on any atom is -0.395 e. The fourth-order valence-electron chi connectivity index (χ4n) is 20.2. The van der Waals surface area contributed by atoms with Gasteiger partial charge in [0.2, 0.25) is 35.7 Å². The first-order valence-corrected chi connectivity index (χ1v) is 50.4. The predicted molar refractivity (Wildman–Crippen MR) is 557 cm³/mol. The maximum Gasteiger partial charge on any atom is 0.227 e. The molecule has 12 aliphatic rings. The van der Waals surface area contributed by atoms with Crippen molar-refractivity contribution in [2.75, 3.05) is 192 Å². The number of rotatable bonds is 9. The lowest BCUT2D eigenvalue weighted by Crippen LogP contribution is -2.47. The zero-order valence-corrected chi connectivity index (χ0v) is 82.1. The number of piperazine rings is 2. The molecular formula is C98H102N50O2. The van der Waals surface area contributed by atoms with E-state index in [1.807, 2.05) is 170 Å². The summed E-state index contributed by atoms with van der Waals surface area (Å²) in [5.74, 6) is 13.2. The van der Waals surface area contributed by atoms with Crippen LogP contribution < -0.4 is 61.3 Å². The number of likely N-dealkylation sites (N-methyl/N-ethyl adjacent to an activating group) is 1. The van der Waals surface area contributed by atoms with E-state index in [9.17, 15) is 0 Å². The molecule has 2 unspecified atom stereocenters. The number of aliphatic hydroxyl groups is 1. The SMILES string of the molecule is CC1CCCN(c2ncc3c(n2)Nc2ccccc2-n2nnnc2-3)C1.CC1CCCN1c1ncc2c(n1)Nc1ccccc1-n1nnnc1-2.CCN1CCN(c2ncc3c(n2)Nc2ccccc2-n2nnnc2-3)CC1.OCCN1CCN(c2ncc3c(n2)Nc2ccccc2-n2nnnc2-3)CC1.c1ccc2c(c1)Nc1nc(N3CCCCC3)ncc1-c1nnnn1-2.c1ccc2c(c1)Nc1nc(N3CCOCC3)ncc1-c1nnnn1-2. The van der Waals surface area contributed by atoms with Gasteiger partial charge in [-0.05, 0) is 200 Å². The van der Waals surface area contributed by atoms with Gasteiger partial charge in [0.1, 0.15) is 34.9 Å². The van der Waals surface area contributed by atoms with Crippen LogP contribution >= 0.6 is 0 Å². The summed E-state index contributed by atoms with van der Waals surface area (Å²) in [6, 6.07) is 47.9. The van der Waals surface area contributed by atoms with Gasteiger partial charge >= 0.3 is 0 Å². The Bertz CT molecular complexity index is 7780. The number of hydrogen-bond acceptors (Lipinski definition) is 46. The molecule has 6 fully saturated rings. The molecule has 2 atom stereocenters. The molecule has 52 nitrogen and oxygen atoms in total. The first-order valence-electron chi connectivity index (χ1n) is 50.4. The largest absolute Gasteiger partial charge is 0.395 e. The van der Waals surface area contributed by atoms with Gasteiger partial charge in [-0.15, -0.1) is 30.6 Å². The second-order valence-electron chi connectivity index (χ2n) is 37.4. The smallest absolute Gasteiger partial charge is 0.227 e. The third-order valence-corrected chi connectivity index (χ3v) is 28.1. The Morgan fingerprint density at radius 2 is 0.567 bits per heavy atom. The first-order chi connectivity index (χ1) is 74.1. The fraction of sp³-hybridized carbons (Fsp3) is 0.327. The Balaban J connectivity index is 0.0000000932. The average molecular weight is 2010 g/mol. The van der Waals surface area contributed by atoms with Crippen LogP contribution in [-0.4, -0.2) is 333 Å². The molecule has 12 aliphatic heterocycles. The standard InChI is InChI=1S/C17H19N9O.C17H19N9.C17H18N8.2C16H16N8.C15H14N8O/c27-10-9-24-5-7-25(8-6-24)17-18-11-12-15(20-17)19-13-3-1-2-4-14(13)26-16(12)21-22-23-26;1-2-24-7-9-25(10-8-24)17-18-11-12-15(20-17)19-13-5-3-4-6-14(13)26-16(12)21-22-23-26;1-11-5-4-8-24(10-11)17-18-9-12-15(20-17)19-13-6-2-3-7-14(13)25-16(12)21-22-23-25;1-10-5-4-8-23(10)16-17-9-11-14(19-16)18-12-6-2-3-7-13(12)24-15(11)20-21-22-24;1-4-8-23(9-5-1)16-17-10-11-14(19-16)18-12-6-2-3-7-13(12)24-15(11)20-21-22-24;1-2-4-12-11(3-1)17-13-10(14-19-20-21-23(12)14)9-16-15(18-13)22-5-7-24-8-6-22/h1-4,11,27H,5-10H2,(H,18,19,20);3-6,11H,2,7-10H2,1H3,(H,18,19,20);2-3,6-7,9,11H,4-5,8,10H2,1H3,(H,18,19,20);2-3,6-7,9-10H,4-5,8H2,1H3,(H,17,18,19);2-3,6-7,10H,1,4-5,8-9H2,(H,17,18,19);1-4,9H,5-8H2,(H,16,17,18). The van der Waals surface area contributed by atoms with E-state index in [1.54, 1.807) is 40.5 Å². The molecule has 52 heteroatoms. The Kier molecular flexibility index (Phi) is 25.3. The number of aromatic nitrogens is 36. The van der Waals surface area contributed by atoms with Crippen LogP contribution in [0.25, 0.3) is 102 Å². The minimum absolute atomic E-state index is 0.188. The summed E-state index contributed by atoms with van der Waals surface area (Å²) in [6.07, 6.45) is 19.3. The maximum absolute atomic E-state index is 9.10. The van der Waals surface area contributed by atoms with Crippen molar-refractivity contribution in [1.29, 1.82) is 0 Å². The number of benzene rings is 6. The monoisotopic (exact) mass is 2010 g/mol. The van der Waals surface area contributed by atoms with Crippen molar-refractivity contribution in [2.24, 2.45) is 5.92 Å². The van der Waals surface area contributed by atoms with Crippen molar-refractivity contribution in [3.63, 3.8) is 0 Å². The van der Waals surface area contributed by atoms with E-state index < -0.39 is 0 Å². The number of nitrogens with one attached hydrogen (secondary N) is 6. The number of aliphatic hydroxyl groups excluding tert-OH is 1. The van der Waals surface area contributed by atoms with Crippen molar-refractivity contribution in [2.45, 2.75) is 71.8 Å². The highest BCUT2D eigenvalue weighted by Gasteiger charge is 2.36. The molecule has 0 amide bonds. The van der Waals surface area contributed by atoms with Gasteiger partial charge in [-0.25, -0.2) is 29.9 Å². The maximum atomic E-state index is 9.10. The molecule has 0 aliphatic carbocycles. The van der Waals surface area contributed by atoms with Crippen LogP contribution in [0.2, 0.25) is 0 Å². The molecule has 7 N–H and O–H groups in total. The number of fused-ring (bicyclic) bond motifs is 30. The van der Waals surface area contributed by atoms with Crippen LogP contribution in [0.5, 0.6) is 0 Å². The van der Waals surface area contributed by atoms with Gasteiger partial charge in [0.15, 0.2) is 34.9 Å². The summed E-state index contributed by atoms with van der Waals surface area (Å²) in [5.41, 5.74) is 15.5. The van der Waals surface area contributed by atoms with Gasteiger partial charge in [0, 0.05) is 148 Å². The van der Waals surface area contributed by atoms with Crippen molar-refractivity contribution in [3.05, 3.63) is 183 Å².